The molecule has 0 atom stereocenters. The number of hydrogen-bond acceptors (Lipinski definition) is 5. The van der Waals surface area contributed by atoms with Crippen molar-refractivity contribution < 1.29 is 5.11 Å². The molecule has 114 valence electrons. The van der Waals surface area contributed by atoms with E-state index in [1.165, 1.54) is 5.56 Å². The standard InChI is InChI=1S/C16H18N4OS/c1-12-15(14-7-8-20(19-14)9-10-21)22-16(18-12)17-11-13-5-3-2-4-6-13/h2-8,21H,9-11H2,1H3,(H,17,18). The van der Waals surface area contributed by atoms with E-state index in [0.717, 1.165) is 27.9 Å². The lowest BCUT2D eigenvalue weighted by Crippen LogP contribution is -2.02. The van der Waals surface area contributed by atoms with Crippen molar-refractivity contribution in [2.45, 2.75) is 20.0 Å². The summed E-state index contributed by atoms with van der Waals surface area (Å²) >= 11 is 1.60. The van der Waals surface area contributed by atoms with Gasteiger partial charge < -0.3 is 10.4 Å². The molecule has 0 aliphatic heterocycles. The molecule has 6 heteroatoms. The highest BCUT2D eigenvalue weighted by Crippen LogP contribution is 2.31. The number of nitrogens with one attached hydrogen (secondary N) is 1. The molecule has 0 aliphatic rings. The minimum absolute atomic E-state index is 0.0900. The second-order valence-corrected chi connectivity index (χ2v) is 5.96. The first-order valence-electron chi connectivity index (χ1n) is 7.16. The average Bonchev–Trinajstić information content (AvgIpc) is 3.13. The Labute approximate surface area is 133 Å². The number of aromatic nitrogens is 3. The van der Waals surface area contributed by atoms with Crippen molar-refractivity contribution >= 4 is 16.5 Å². The summed E-state index contributed by atoms with van der Waals surface area (Å²) in [5.41, 5.74) is 3.09. The molecule has 0 fully saturated rings. The van der Waals surface area contributed by atoms with Crippen LogP contribution >= 0.6 is 11.3 Å². The van der Waals surface area contributed by atoms with Gasteiger partial charge in [-0.1, -0.05) is 41.7 Å². The largest absolute Gasteiger partial charge is 0.394 e. The minimum Gasteiger partial charge on any atom is -0.394 e. The van der Waals surface area contributed by atoms with Gasteiger partial charge in [0.15, 0.2) is 5.13 Å². The van der Waals surface area contributed by atoms with Crippen LogP contribution in [0.2, 0.25) is 0 Å². The second-order valence-electron chi connectivity index (χ2n) is 4.96. The first kappa shape index (κ1) is 14.7. The molecular formula is C16H18N4OS. The first-order valence-corrected chi connectivity index (χ1v) is 7.98. The number of benzene rings is 1. The van der Waals surface area contributed by atoms with Crippen LogP contribution in [0.4, 0.5) is 5.13 Å². The number of aryl methyl sites for hydroxylation is 1. The molecule has 22 heavy (non-hydrogen) atoms. The lowest BCUT2D eigenvalue weighted by molar-refractivity contribution is 0.269. The second kappa shape index (κ2) is 6.72. The van der Waals surface area contributed by atoms with Crippen LogP contribution in [0.15, 0.2) is 42.6 Å². The highest BCUT2D eigenvalue weighted by Gasteiger charge is 2.12. The quantitative estimate of drug-likeness (QED) is 0.734. The summed E-state index contributed by atoms with van der Waals surface area (Å²) in [7, 11) is 0. The van der Waals surface area contributed by atoms with Gasteiger partial charge >= 0.3 is 0 Å². The van der Waals surface area contributed by atoms with Crippen molar-refractivity contribution in [2.24, 2.45) is 0 Å². The fourth-order valence-corrected chi connectivity index (χ4v) is 3.12. The van der Waals surface area contributed by atoms with E-state index in [4.69, 9.17) is 5.11 Å². The van der Waals surface area contributed by atoms with Gasteiger partial charge in [0.25, 0.3) is 0 Å². The molecule has 2 heterocycles. The third-order valence-corrected chi connectivity index (χ3v) is 4.42. The zero-order valence-electron chi connectivity index (χ0n) is 12.4. The molecular weight excluding hydrogens is 296 g/mol. The molecule has 0 unspecified atom stereocenters. The Morgan fingerprint density at radius 2 is 2.05 bits per heavy atom. The lowest BCUT2D eigenvalue weighted by atomic mass is 10.2. The SMILES string of the molecule is Cc1nc(NCc2ccccc2)sc1-c1ccn(CCO)n1. The monoisotopic (exact) mass is 314 g/mol. The molecule has 0 saturated heterocycles. The summed E-state index contributed by atoms with van der Waals surface area (Å²) in [6.45, 7) is 3.35. The summed E-state index contributed by atoms with van der Waals surface area (Å²) in [4.78, 5) is 5.63. The summed E-state index contributed by atoms with van der Waals surface area (Å²) in [6, 6.07) is 12.2. The Morgan fingerprint density at radius 3 is 2.82 bits per heavy atom. The van der Waals surface area contributed by atoms with E-state index >= 15 is 0 Å². The molecule has 3 rings (SSSR count). The molecule has 0 bridgehead atoms. The predicted octanol–water partition coefficient (Wildman–Crippen LogP) is 2.92. The Hall–Kier alpha value is -2.18. The van der Waals surface area contributed by atoms with E-state index in [0.29, 0.717) is 6.54 Å². The molecule has 0 aliphatic carbocycles. The third-order valence-electron chi connectivity index (χ3n) is 3.29. The van der Waals surface area contributed by atoms with Gasteiger partial charge in [0.05, 0.1) is 23.7 Å². The van der Waals surface area contributed by atoms with Gasteiger partial charge in [-0.15, -0.1) is 0 Å². The topological polar surface area (TPSA) is 63.0 Å². The van der Waals surface area contributed by atoms with Gasteiger partial charge in [-0.25, -0.2) is 4.98 Å². The van der Waals surface area contributed by atoms with Crippen molar-refractivity contribution in [2.75, 3.05) is 11.9 Å². The first-order chi connectivity index (χ1) is 10.8. The average molecular weight is 314 g/mol. The lowest BCUT2D eigenvalue weighted by Gasteiger charge is -2.01. The number of thiazole rings is 1. The van der Waals surface area contributed by atoms with Crippen LogP contribution in [0.5, 0.6) is 0 Å². The Bertz CT molecular complexity index is 736. The predicted molar refractivity (Wildman–Crippen MR) is 88.9 cm³/mol. The maximum atomic E-state index is 8.96. The fraction of sp³-hybridized carbons (Fsp3) is 0.250. The Morgan fingerprint density at radius 1 is 1.23 bits per heavy atom. The molecule has 0 amide bonds. The van der Waals surface area contributed by atoms with E-state index in [-0.39, 0.29) is 6.61 Å². The van der Waals surface area contributed by atoms with Gasteiger partial charge in [-0.3, -0.25) is 4.68 Å². The van der Waals surface area contributed by atoms with Gasteiger partial charge in [0.1, 0.15) is 5.69 Å². The number of hydrogen-bond donors (Lipinski definition) is 2. The van der Waals surface area contributed by atoms with Gasteiger partial charge in [-0.05, 0) is 18.6 Å². The number of anilines is 1. The van der Waals surface area contributed by atoms with Gasteiger partial charge in [0.2, 0.25) is 0 Å². The van der Waals surface area contributed by atoms with Gasteiger partial charge in [-0.2, -0.15) is 5.10 Å². The normalized spacial score (nSPS) is 10.8. The van der Waals surface area contributed by atoms with Crippen LogP contribution < -0.4 is 5.32 Å². The van der Waals surface area contributed by atoms with Crippen molar-refractivity contribution in [1.82, 2.24) is 14.8 Å². The van der Waals surface area contributed by atoms with Crippen LogP contribution in [-0.2, 0) is 13.1 Å². The van der Waals surface area contributed by atoms with Crippen molar-refractivity contribution in [3.8, 4) is 10.6 Å². The van der Waals surface area contributed by atoms with E-state index < -0.39 is 0 Å². The zero-order valence-corrected chi connectivity index (χ0v) is 13.2. The van der Waals surface area contributed by atoms with Crippen LogP contribution in [0.3, 0.4) is 0 Å². The molecule has 5 nitrogen and oxygen atoms in total. The molecule has 1 aromatic carbocycles. The van der Waals surface area contributed by atoms with Crippen molar-refractivity contribution in [1.29, 1.82) is 0 Å². The van der Waals surface area contributed by atoms with Gasteiger partial charge in [0, 0.05) is 12.7 Å². The molecule has 0 radical (unpaired) electrons. The molecule has 2 aromatic heterocycles. The number of nitrogens with zero attached hydrogens (tertiary/aromatic N) is 3. The van der Waals surface area contributed by atoms with Crippen molar-refractivity contribution in [3.05, 3.63) is 53.9 Å². The molecule has 0 saturated carbocycles. The summed E-state index contributed by atoms with van der Waals surface area (Å²) in [5.74, 6) is 0. The van der Waals surface area contributed by atoms with Crippen LogP contribution in [0.1, 0.15) is 11.3 Å². The number of aliphatic hydroxyl groups is 1. The molecule has 3 aromatic rings. The molecule has 2 N–H and O–H groups in total. The maximum Gasteiger partial charge on any atom is 0.183 e. The molecule has 0 spiro atoms. The zero-order chi connectivity index (χ0) is 15.4. The van der Waals surface area contributed by atoms with Crippen molar-refractivity contribution in [3.63, 3.8) is 0 Å². The number of aliphatic hydroxyl groups excluding tert-OH is 1. The van der Waals surface area contributed by atoms with Crippen LogP contribution in [-0.4, -0.2) is 26.5 Å². The summed E-state index contributed by atoms with van der Waals surface area (Å²) in [6.07, 6.45) is 1.88. The van der Waals surface area contributed by atoms with Crippen LogP contribution in [0.25, 0.3) is 10.6 Å². The fourth-order valence-electron chi connectivity index (χ4n) is 2.19. The van der Waals surface area contributed by atoms with E-state index in [2.05, 4.69) is 27.5 Å². The smallest absolute Gasteiger partial charge is 0.183 e. The Balaban J connectivity index is 1.72. The van der Waals surface area contributed by atoms with E-state index in [1.807, 2.05) is 37.4 Å². The van der Waals surface area contributed by atoms with E-state index in [9.17, 15) is 0 Å². The summed E-state index contributed by atoms with van der Waals surface area (Å²) in [5, 5.41) is 17.7. The Kier molecular flexibility index (Phi) is 4.50. The van der Waals surface area contributed by atoms with E-state index in [1.54, 1.807) is 16.0 Å². The minimum atomic E-state index is 0.0900. The highest BCUT2D eigenvalue weighted by atomic mass is 32.1. The van der Waals surface area contributed by atoms with Crippen LogP contribution in [0, 0.1) is 6.92 Å². The third kappa shape index (κ3) is 3.35. The number of rotatable bonds is 6. The summed E-state index contributed by atoms with van der Waals surface area (Å²) < 4.78 is 1.74. The maximum absolute atomic E-state index is 8.96. The highest BCUT2D eigenvalue weighted by molar-refractivity contribution is 7.19.